The summed E-state index contributed by atoms with van der Waals surface area (Å²) in [6.45, 7) is 0. The molecule has 1 N–H and O–H groups in total. The molecule has 0 saturated heterocycles. The van der Waals surface area contributed by atoms with Gasteiger partial charge in [0.1, 0.15) is 11.1 Å². The smallest absolute Gasteiger partial charge is 0.266 e. The molecule has 0 saturated carbocycles. The van der Waals surface area contributed by atoms with Crippen molar-refractivity contribution in [3.63, 3.8) is 0 Å². The molecule has 2 aromatic heterocycles. The van der Waals surface area contributed by atoms with Crippen LogP contribution < -0.4 is 5.32 Å². The molecule has 0 fully saturated rings. The van der Waals surface area contributed by atoms with E-state index in [1.165, 1.54) is 22.6 Å². The number of carbonyl (C=O) groups is 1. The summed E-state index contributed by atoms with van der Waals surface area (Å²) in [6.07, 6.45) is 4.27. The molecular weight excluding hydrogens is 324 g/mol. The lowest BCUT2D eigenvalue weighted by Crippen LogP contribution is -2.10. The molecule has 0 bridgehead atoms. The molecule has 1 aliphatic rings. The molecule has 0 radical (unpaired) electrons. The average Bonchev–Trinajstić information content (AvgIpc) is 3.15. The number of benzene rings is 1. The maximum atomic E-state index is 12.6. The predicted molar refractivity (Wildman–Crippen MR) is 95.5 cm³/mol. The Balaban J connectivity index is 1.66. The highest BCUT2D eigenvalue weighted by atomic mass is 32.1. The van der Waals surface area contributed by atoms with Gasteiger partial charge in [-0.2, -0.15) is 5.26 Å². The highest BCUT2D eigenvalue weighted by Gasteiger charge is 2.22. The van der Waals surface area contributed by atoms with E-state index in [4.69, 9.17) is 0 Å². The molecule has 23 heavy (non-hydrogen) atoms. The average molecular weight is 338 g/mol. The highest BCUT2D eigenvalue weighted by molar-refractivity contribution is 7.21. The first-order valence-corrected chi connectivity index (χ1v) is 9.24. The molecule has 4 rings (SSSR count). The molecule has 0 atom stereocenters. The van der Waals surface area contributed by atoms with E-state index in [-0.39, 0.29) is 5.91 Å². The van der Waals surface area contributed by atoms with E-state index in [9.17, 15) is 10.1 Å². The number of nitrogens with zero attached hydrogens (tertiary/aromatic N) is 1. The number of anilines is 1. The zero-order chi connectivity index (χ0) is 15.8. The minimum absolute atomic E-state index is 0.124. The molecule has 114 valence electrons. The lowest BCUT2D eigenvalue weighted by atomic mass is 9.96. The zero-order valence-corrected chi connectivity index (χ0v) is 14.0. The normalized spacial score (nSPS) is 13.5. The summed E-state index contributed by atoms with van der Waals surface area (Å²) in [5.74, 6) is -0.124. The number of nitrogens with one attached hydrogen (secondary N) is 1. The van der Waals surface area contributed by atoms with E-state index >= 15 is 0 Å². The number of thiophene rings is 2. The van der Waals surface area contributed by atoms with Gasteiger partial charge in [0.15, 0.2) is 0 Å². The minimum atomic E-state index is -0.124. The Kier molecular flexibility index (Phi) is 3.64. The summed E-state index contributed by atoms with van der Waals surface area (Å²) in [6, 6.07) is 12.2. The van der Waals surface area contributed by atoms with Crippen LogP contribution in [0.2, 0.25) is 0 Å². The summed E-state index contributed by atoms with van der Waals surface area (Å²) in [4.78, 5) is 14.5. The van der Waals surface area contributed by atoms with Crippen LogP contribution in [-0.4, -0.2) is 5.91 Å². The van der Waals surface area contributed by atoms with Gasteiger partial charge in [-0.1, -0.05) is 18.2 Å². The molecule has 3 nitrogen and oxygen atoms in total. The highest BCUT2D eigenvalue weighted by Crippen LogP contribution is 2.38. The largest absolute Gasteiger partial charge is 0.312 e. The standard InChI is InChI=1S/C18H14N2OS2/c19-10-13-12-6-2-4-8-15(12)23-18(13)20-17(21)16-9-11-5-1-3-7-14(11)22-16/h1,3,5,7,9H,2,4,6,8H2,(H,20,21). The van der Waals surface area contributed by atoms with E-state index in [0.29, 0.717) is 15.4 Å². The Bertz CT molecular complexity index is 913. The molecule has 3 aromatic rings. The van der Waals surface area contributed by atoms with Gasteiger partial charge in [0, 0.05) is 9.58 Å². The monoisotopic (exact) mass is 338 g/mol. The predicted octanol–water partition coefficient (Wildman–Crippen LogP) is 4.97. The fourth-order valence-electron chi connectivity index (χ4n) is 3.03. The van der Waals surface area contributed by atoms with Gasteiger partial charge >= 0.3 is 0 Å². The molecular formula is C18H14N2OS2. The van der Waals surface area contributed by atoms with Crippen molar-refractivity contribution >= 4 is 43.7 Å². The Hall–Kier alpha value is -2.16. The number of nitriles is 1. The summed E-state index contributed by atoms with van der Waals surface area (Å²) >= 11 is 3.05. The fourth-order valence-corrected chi connectivity index (χ4v) is 5.22. The van der Waals surface area contributed by atoms with Gasteiger partial charge < -0.3 is 5.32 Å². The van der Waals surface area contributed by atoms with Crippen molar-refractivity contribution in [3.8, 4) is 6.07 Å². The molecule has 0 unspecified atom stereocenters. The summed E-state index contributed by atoms with van der Waals surface area (Å²) in [5, 5.41) is 14.2. The van der Waals surface area contributed by atoms with Crippen LogP contribution in [0.5, 0.6) is 0 Å². The first-order chi connectivity index (χ1) is 11.3. The van der Waals surface area contributed by atoms with Gasteiger partial charge in [-0.05, 0) is 48.8 Å². The van der Waals surface area contributed by atoms with Crippen molar-refractivity contribution in [2.45, 2.75) is 25.7 Å². The van der Waals surface area contributed by atoms with Crippen molar-refractivity contribution in [2.24, 2.45) is 0 Å². The number of amides is 1. The number of hydrogen-bond acceptors (Lipinski definition) is 4. The van der Waals surface area contributed by atoms with Crippen molar-refractivity contribution in [2.75, 3.05) is 5.32 Å². The third-order valence-corrected chi connectivity index (χ3v) is 6.48. The van der Waals surface area contributed by atoms with E-state index < -0.39 is 0 Å². The second-order valence-electron chi connectivity index (χ2n) is 5.63. The lowest BCUT2D eigenvalue weighted by Gasteiger charge is -2.09. The number of aryl methyl sites for hydroxylation is 1. The third-order valence-electron chi connectivity index (χ3n) is 4.16. The molecule has 5 heteroatoms. The number of fused-ring (bicyclic) bond motifs is 2. The van der Waals surface area contributed by atoms with Gasteiger partial charge in [0.05, 0.1) is 10.4 Å². The quantitative estimate of drug-likeness (QED) is 0.717. The van der Waals surface area contributed by atoms with E-state index in [2.05, 4.69) is 11.4 Å². The van der Waals surface area contributed by atoms with Gasteiger partial charge in [0.25, 0.3) is 5.91 Å². The fraction of sp³-hybridized carbons (Fsp3) is 0.222. The Labute approximate surface area is 142 Å². The SMILES string of the molecule is N#Cc1c(NC(=O)c2cc3ccccc3s2)sc2c1CCCC2. The van der Waals surface area contributed by atoms with Gasteiger partial charge in [0.2, 0.25) is 0 Å². The van der Waals surface area contributed by atoms with Crippen LogP contribution in [0.4, 0.5) is 5.00 Å². The maximum absolute atomic E-state index is 12.6. The van der Waals surface area contributed by atoms with Crippen molar-refractivity contribution in [1.29, 1.82) is 5.26 Å². The van der Waals surface area contributed by atoms with Gasteiger partial charge in [-0.25, -0.2) is 0 Å². The molecule has 1 aromatic carbocycles. The summed E-state index contributed by atoms with van der Waals surface area (Å²) < 4.78 is 1.10. The number of carbonyl (C=O) groups excluding carboxylic acids is 1. The second-order valence-corrected chi connectivity index (χ2v) is 7.82. The Morgan fingerprint density at radius 1 is 1.17 bits per heavy atom. The third kappa shape index (κ3) is 2.54. The van der Waals surface area contributed by atoms with Gasteiger partial charge in [-0.3, -0.25) is 4.79 Å². The summed E-state index contributed by atoms with van der Waals surface area (Å²) in [7, 11) is 0. The number of hydrogen-bond donors (Lipinski definition) is 1. The minimum Gasteiger partial charge on any atom is -0.312 e. The molecule has 1 aliphatic carbocycles. The topological polar surface area (TPSA) is 52.9 Å². The molecule has 1 amide bonds. The van der Waals surface area contributed by atoms with Crippen molar-refractivity contribution in [3.05, 3.63) is 51.2 Å². The van der Waals surface area contributed by atoms with Gasteiger partial charge in [-0.15, -0.1) is 22.7 Å². The van der Waals surface area contributed by atoms with Crippen LogP contribution in [-0.2, 0) is 12.8 Å². The molecule has 2 heterocycles. The lowest BCUT2D eigenvalue weighted by molar-refractivity contribution is 0.103. The van der Waals surface area contributed by atoms with Crippen LogP contribution in [0, 0.1) is 11.3 Å². The van der Waals surface area contributed by atoms with E-state index in [1.54, 1.807) is 11.3 Å². The summed E-state index contributed by atoms with van der Waals surface area (Å²) in [5.41, 5.74) is 1.81. The molecule has 0 aliphatic heterocycles. The first-order valence-electron chi connectivity index (χ1n) is 7.61. The molecule has 0 spiro atoms. The van der Waals surface area contributed by atoms with Crippen LogP contribution >= 0.6 is 22.7 Å². The zero-order valence-electron chi connectivity index (χ0n) is 12.4. The number of rotatable bonds is 2. The van der Waals surface area contributed by atoms with Crippen LogP contribution in [0.1, 0.15) is 38.5 Å². The van der Waals surface area contributed by atoms with Crippen molar-refractivity contribution < 1.29 is 4.79 Å². The van der Waals surface area contributed by atoms with Crippen LogP contribution in [0.15, 0.2) is 30.3 Å². The maximum Gasteiger partial charge on any atom is 0.266 e. The Morgan fingerprint density at radius 3 is 2.83 bits per heavy atom. The van der Waals surface area contributed by atoms with E-state index in [1.807, 2.05) is 30.3 Å². The second kappa shape index (κ2) is 5.80. The van der Waals surface area contributed by atoms with Crippen LogP contribution in [0.3, 0.4) is 0 Å². The van der Waals surface area contributed by atoms with E-state index in [0.717, 1.165) is 34.9 Å². The first kappa shape index (κ1) is 14.4. The van der Waals surface area contributed by atoms with Crippen molar-refractivity contribution in [1.82, 2.24) is 0 Å². The Morgan fingerprint density at radius 2 is 2.00 bits per heavy atom. The van der Waals surface area contributed by atoms with Crippen LogP contribution in [0.25, 0.3) is 10.1 Å².